The molecule has 0 bridgehead atoms. The Labute approximate surface area is 102 Å². The molecule has 0 saturated heterocycles. The number of aliphatic hydroxyl groups is 2. The Bertz CT molecular complexity index is 207. The maximum atomic E-state index is 10.6. The number of unbranched alkanes of at least 4 members (excludes halogenated alkanes) is 2. The van der Waals surface area contributed by atoms with Crippen molar-refractivity contribution in [1.82, 2.24) is 0 Å². The highest BCUT2D eigenvalue weighted by atomic mass is 16.5. The average molecular weight is 248 g/mol. The van der Waals surface area contributed by atoms with Crippen LogP contribution in [0.4, 0.5) is 0 Å². The monoisotopic (exact) mass is 248 g/mol. The fourth-order valence-corrected chi connectivity index (χ4v) is 1.61. The summed E-state index contributed by atoms with van der Waals surface area (Å²) in [5, 5.41) is 27.0. The van der Waals surface area contributed by atoms with Crippen LogP contribution in [0.2, 0.25) is 0 Å². The molecule has 0 radical (unpaired) electrons. The van der Waals surface area contributed by atoms with E-state index < -0.39 is 24.8 Å². The third kappa shape index (κ3) is 6.61. The zero-order valence-electron chi connectivity index (χ0n) is 10.6. The van der Waals surface area contributed by atoms with Crippen LogP contribution < -0.4 is 0 Å². The SMILES string of the molecule is CCCCCC(CC)OC(CO)C(O)C(=O)O. The topological polar surface area (TPSA) is 87.0 Å². The Hall–Kier alpha value is -0.650. The van der Waals surface area contributed by atoms with Crippen LogP contribution in [0.25, 0.3) is 0 Å². The van der Waals surface area contributed by atoms with Crippen LogP contribution >= 0.6 is 0 Å². The van der Waals surface area contributed by atoms with Gasteiger partial charge in [-0.15, -0.1) is 0 Å². The van der Waals surface area contributed by atoms with Crippen LogP contribution in [0.5, 0.6) is 0 Å². The van der Waals surface area contributed by atoms with Gasteiger partial charge in [0, 0.05) is 0 Å². The molecule has 3 unspecified atom stereocenters. The third-order valence-electron chi connectivity index (χ3n) is 2.74. The van der Waals surface area contributed by atoms with Crippen LogP contribution in [0.3, 0.4) is 0 Å². The Balaban J connectivity index is 4.16. The van der Waals surface area contributed by atoms with E-state index in [0.29, 0.717) is 0 Å². The van der Waals surface area contributed by atoms with Crippen LogP contribution in [0.1, 0.15) is 46.0 Å². The van der Waals surface area contributed by atoms with E-state index in [2.05, 4.69) is 6.92 Å². The van der Waals surface area contributed by atoms with E-state index in [1.54, 1.807) is 0 Å². The van der Waals surface area contributed by atoms with Crippen molar-refractivity contribution in [1.29, 1.82) is 0 Å². The summed E-state index contributed by atoms with van der Waals surface area (Å²) in [4.78, 5) is 10.6. The Kier molecular flexibility index (Phi) is 9.03. The predicted octanol–water partition coefficient (Wildman–Crippen LogP) is 1.17. The second kappa shape index (κ2) is 9.39. The number of hydrogen-bond acceptors (Lipinski definition) is 4. The highest BCUT2D eigenvalue weighted by Crippen LogP contribution is 2.14. The van der Waals surface area contributed by atoms with Crippen LogP contribution in [-0.2, 0) is 9.53 Å². The summed E-state index contributed by atoms with van der Waals surface area (Å²) in [6.45, 7) is 3.56. The first-order valence-electron chi connectivity index (χ1n) is 6.23. The molecule has 0 fully saturated rings. The number of carboxylic acids is 1. The standard InChI is InChI=1S/C12H24O5/c1-3-5-6-7-9(4-2)17-10(8-13)11(14)12(15)16/h9-11,13-14H,3-8H2,1-2H3,(H,15,16). The summed E-state index contributed by atoms with van der Waals surface area (Å²) in [6.07, 6.45) is 1.98. The first-order valence-corrected chi connectivity index (χ1v) is 6.23. The molecule has 102 valence electrons. The molecule has 0 spiro atoms. The fraction of sp³-hybridized carbons (Fsp3) is 0.917. The van der Waals surface area contributed by atoms with Crippen molar-refractivity contribution in [2.75, 3.05) is 6.61 Å². The first kappa shape index (κ1) is 16.4. The van der Waals surface area contributed by atoms with Crippen molar-refractivity contribution in [3.63, 3.8) is 0 Å². The molecule has 3 atom stereocenters. The number of ether oxygens (including phenoxy) is 1. The molecule has 0 aliphatic carbocycles. The second-order valence-electron chi connectivity index (χ2n) is 4.17. The van der Waals surface area contributed by atoms with Crippen LogP contribution in [0, 0.1) is 0 Å². The molecule has 0 aliphatic heterocycles. The van der Waals surface area contributed by atoms with Gasteiger partial charge in [0.2, 0.25) is 0 Å². The van der Waals surface area contributed by atoms with E-state index in [0.717, 1.165) is 32.1 Å². The van der Waals surface area contributed by atoms with Gasteiger partial charge in [0.1, 0.15) is 6.10 Å². The molecule has 0 aliphatic rings. The van der Waals surface area contributed by atoms with E-state index in [4.69, 9.17) is 14.9 Å². The van der Waals surface area contributed by atoms with Gasteiger partial charge in [0.25, 0.3) is 0 Å². The number of aliphatic hydroxyl groups excluding tert-OH is 2. The molecule has 5 heteroatoms. The van der Waals surface area contributed by atoms with Gasteiger partial charge in [-0.3, -0.25) is 0 Å². The number of aliphatic carboxylic acids is 1. The van der Waals surface area contributed by atoms with Crippen LogP contribution in [0.15, 0.2) is 0 Å². The lowest BCUT2D eigenvalue weighted by molar-refractivity contribution is -0.163. The van der Waals surface area contributed by atoms with E-state index >= 15 is 0 Å². The molecular formula is C12H24O5. The van der Waals surface area contributed by atoms with Gasteiger partial charge < -0.3 is 20.1 Å². The van der Waals surface area contributed by atoms with Gasteiger partial charge in [-0.05, 0) is 12.8 Å². The lowest BCUT2D eigenvalue weighted by Crippen LogP contribution is -2.40. The highest BCUT2D eigenvalue weighted by molar-refractivity contribution is 5.72. The van der Waals surface area contributed by atoms with Crippen molar-refractivity contribution < 1.29 is 24.9 Å². The van der Waals surface area contributed by atoms with E-state index in [1.807, 2.05) is 6.92 Å². The highest BCUT2D eigenvalue weighted by Gasteiger charge is 2.28. The van der Waals surface area contributed by atoms with Gasteiger partial charge in [-0.1, -0.05) is 33.1 Å². The summed E-state index contributed by atoms with van der Waals surface area (Å²) < 4.78 is 5.44. The van der Waals surface area contributed by atoms with E-state index in [9.17, 15) is 9.90 Å². The first-order chi connectivity index (χ1) is 8.06. The zero-order chi connectivity index (χ0) is 13.3. The molecule has 0 rings (SSSR count). The normalized spacial score (nSPS) is 16.5. The smallest absolute Gasteiger partial charge is 0.335 e. The summed E-state index contributed by atoms with van der Waals surface area (Å²) in [6, 6.07) is 0. The molecule has 0 aromatic carbocycles. The molecule has 0 aromatic heterocycles. The van der Waals surface area contributed by atoms with Gasteiger partial charge in [0.15, 0.2) is 6.10 Å². The van der Waals surface area contributed by atoms with Crippen molar-refractivity contribution in [2.24, 2.45) is 0 Å². The molecule has 0 amide bonds. The van der Waals surface area contributed by atoms with Crippen molar-refractivity contribution in [3.05, 3.63) is 0 Å². The van der Waals surface area contributed by atoms with Gasteiger partial charge in [-0.2, -0.15) is 0 Å². The van der Waals surface area contributed by atoms with Crippen molar-refractivity contribution >= 4 is 5.97 Å². The lowest BCUT2D eigenvalue weighted by Gasteiger charge is -2.24. The molecule has 0 aromatic rings. The fourth-order valence-electron chi connectivity index (χ4n) is 1.61. The average Bonchev–Trinajstić information content (AvgIpc) is 2.32. The minimum atomic E-state index is -1.67. The molecule has 0 saturated carbocycles. The van der Waals surface area contributed by atoms with Crippen LogP contribution in [-0.4, -0.2) is 46.2 Å². The summed E-state index contributed by atoms with van der Waals surface area (Å²) >= 11 is 0. The largest absolute Gasteiger partial charge is 0.479 e. The maximum Gasteiger partial charge on any atom is 0.335 e. The van der Waals surface area contributed by atoms with E-state index in [1.165, 1.54) is 0 Å². The Morgan fingerprint density at radius 2 is 1.94 bits per heavy atom. The predicted molar refractivity (Wildman–Crippen MR) is 63.8 cm³/mol. The number of carboxylic acid groups (broad SMARTS) is 1. The Morgan fingerprint density at radius 1 is 1.29 bits per heavy atom. The Morgan fingerprint density at radius 3 is 2.35 bits per heavy atom. The summed E-state index contributed by atoms with van der Waals surface area (Å²) in [5.74, 6) is -1.37. The van der Waals surface area contributed by atoms with E-state index in [-0.39, 0.29) is 6.10 Å². The van der Waals surface area contributed by atoms with Gasteiger partial charge in [0.05, 0.1) is 12.7 Å². The third-order valence-corrected chi connectivity index (χ3v) is 2.74. The molecule has 3 N–H and O–H groups in total. The van der Waals surface area contributed by atoms with Crippen molar-refractivity contribution in [3.8, 4) is 0 Å². The second-order valence-corrected chi connectivity index (χ2v) is 4.17. The molecular weight excluding hydrogens is 224 g/mol. The quantitative estimate of drug-likeness (QED) is 0.505. The number of rotatable bonds is 10. The zero-order valence-corrected chi connectivity index (χ0v) is 10.6. The summed E-state index contributed by atoms with van der Waals surface area (Å²) in [7, 11) is 0. The lowest BCUT2D eigenvalue weighted by atomic mass is 10.1. The van der Waals surface area contributed by atoms with Crippen molar-refractivity contribution in [2.45, 2.75) is 64.3 Å². The number of hydrogen-bond donors (Lipinski definition) is 3. The molecule has 17 heavy (non-hydrogen) atoms. The van der Waals surface area contributed by atoms with Gasteiger partial charge >= 0.3 is 5.97 Å². The maximum absolute atomic E-state index is 10.6. The minimum absolute atomic E-state index is 0.104. The molecule has 5 nitrogen and oxygen atoms in total. The number of carbonyl (C=O) groups is 1. The minimum Gasteiger partial charge on any atom is -0.479 e. The van der Waals surface area contributed by atoms with Gasteiger partial charge in [-0.25, -0.2) is 4.79 Å². The molecule has 0 heterocycles. The summed E-state index contributed by atoms with van der Waals surface area (Å²) in [5.41, 5.74) is 0.